The number of hydrogen-bond acceptors (Lipinski definition) is 6. The number of para-hydroxylation sites is 1. The number of thioether (sulfide) groups is 1. The van der Waals surface area contributed by atoms with Crippen LogP contribution in [0.15, 0.2) is 64.3 Å². The van der Waals surface area contributed by atoms with E-state index in [1.54, 1.807) is 24.4 Å². The number of nitrogens with zero attached hydrogens (tertiary/aromatic N) is 3. The molecule has 3 aromatic heterocycles. The molecule has 6 nitrogen and oxygen atoms in total. The number of anilines is 1. The Bertz CT molecular complexity index is 1140. The SMILES string of the molecule is Cc1noc(C)c1CSc1ncccc1C(=O)Nc1ccc2ccccc2n1. The lowest BCUT2D eigenvalue weighted by Crippen LogP contribution is -2.14. The Balaban J connectivity index is 1.54. The molecule has 0 fully saturated rings. The van der Waals surface area contributed by atoms with Crippen LogP contribution in [0.4, 0.5) is 5.82 Å². The summed E-state index contributed by atoms with van der Waals surface area (Å²) in [4.78, 5) is 21.7. The van der Waals surface area contributed by atoms with Crippen LogP contribution in [0.1, 0.15) is 27.4 Å². The lowest BCUT2D eigenvalue weighted by Gasteiger charge is -2.09. The van der Waals surface area contributed by atoms with Crippen molar-refractivity contribution in [2.45, 2.75) is 24.6 Å². The maximum Gasteiger partial charge on any atom is 0.259 e. The first kappa shape index (κ1) is 18.2. The molecule has 4 aromatic rings. The zero-order chi connectivity index (χ0) is 19.5. The zero-order valence-corrected chi connectivity index (χ0v) is 16.3. The maximum absolute atomic E-state index is 12.8. The smallest absolute Gasteiger partial charge is 0.259 e. The van der Waals surface area contributed by atoms with Crippen molar-refractivity contribution in [1.82, 2.24) is 15.1 Å². The molecule has 1 aromatic carbocycles. The highest BCUT2D eigenvalue weighted by Gasteiger charge is 2.16. The Kier molecular flexibility index (Phi) is 5.08. The van der Waals surface area contributed by atoms with Gasteiger partial charge in [0.05, 0.1) is 16.8 Å². The molecule has 0 aliphatic rings. The van der Waals surface area contributed by atoms with E-state index in [0.29, 0.717) is 22.2 Å². The van der Waals surface area contributed by atoms with Gasteiger partial charge in [0.1, 0.15) is 16.6 Å². The Hall–Kier alpha value is -3.19. The van der Waals surface area contributed by atoms with E-state index in [2.05, 4.69) is 20.4 Å². The molecule has 0 aliphatic carbocycles. The molecule has 0 aliphatic heterocycles. The topological polar surface area (TPSA) is 80.9 Å². The average molecular weight is 390 g/mol. The fourth-order valence-electron chi connectivity index (χ4n) is 2.85. The number of benzene rings is 1. The third kappa shape index (κ3) is 3.75. The number of amides is 1. The summed E-state index contributed by atoms with van der Waals surface area (Å²) in [7, 11) is 0. The number of aryl methyl sites for hydroxylation is 2. The highest BCUT2D eigenvalue weighted by atomic mass is 32.2. The molecule has 0 bridgehead atoms. The molecule has 3 heterocycles. The second kappa shape index (κ2) is 7.82. The first-order valence-corrected chi connectivity index (χ1v) is 9.77. The maximum atomic E-state index is 12.8. The lowest BCUT2D eigenvalue weighted by atomic mass is 10.2. The Morgan fingerprint density at radius 2 is 1.96 bits per heavy atom. The fraction of sp³-hybridized carbons (Fsp3) is 0.143. The molecule has 140 valence electrons. The molecule has 28 heavy (non-hydrogen) atoms. The van der Waals surface area contributed by atoms with Crippen LogP contribution < -0.4 is 5.32 Å². The van der Waals surface area contributed by atoms with E-state index in [9.17, 15) is 4.79 Å². The molecule has 0 spiro atoms. The molecular formula is C21H18N4O2S. The molecule has 0 atom stereocenters. The van der Waals surface area contributed by atoms with Crippen LogP contribution in [0.3, 0.4) is 0 Å². The summed E-state index contributed by atoms with van der Waals surface area (Å²) >= 11 is 1.48. The van der Waals surface area contributed by atoms with Crippen molar-refractivity contribution in [3.8, 4) is 0 Å². The third-order valence-electron chi connectivity index (χ3n) is 4.39. The van der Waals surface area contributed by atoms with E-state index in [0.717, 1.165) is 27.9 Å². The lowest BCUT2D eigenvalue weighted by molar-refractivity contribution is 0.102. The van der Waals surface area contributed by atoms with E-state index in [-0.39, 0.29) is 5.91 Å². The van der Waals surface area contributed by atoms with Gasteiger partial charge in [0.2, 0.25) is 0 Å². The third-order valence-corrected chi connectivity index (χ3v) is 5.42. The summed E-state index contributed by atoms with van der Waals surface area (Å²) in [6, 6.07) is 15.0. The highest BCUT2D eigenvalue weighted by Crippen LogP contribution is 2.27. The summed E-state index contributed by atoms with van der Waals surface area (Å²) in [5.74, 6) is 1.69. The van der Waals surface area contributed by atoms with Crippen LogP contribution in [0, 0.1) is 13.8 Å². The van der Waals surface area contributed by atoms with Crippen molar-refractivity contribution in [2.75, 3.05) is 5.32 Å². The van der Waals surface area contributed by atoms with Crippen LogP contribution in [-0.4, -0.2) is 21.0 Å². The van der Waals surface area contributed by atoms with Crippen molar-refractivity contribution >= 4 is 34.4 Å². The number of pyridine rings is 2. The molecule has 0 saturated carbocycles. The van der Waals surface area contributed by atoms with Gasteiger partial charge in [0.15, 0.2) is 0 Å². The number of hydrogen-bond donors (Lipinski definition) is 1. The minimum Gasteiger partial charge on any atom is -0.361 e. The number of aromatic nitrogens is 3. The van der Waals surface area contributed by atoms with Gasteiger partial charge in [-0.25, -0.2) is 9.97 Å². The van der Waals surface area contributed by atoms with E-state index in [4.69, 9.17) is 4.52 Å². The van der Waals surface area contributed by atoms with Gasteiger partial charge in [-0.3, -0.25) is 4.79 Å². The first-order chi connectivity index (χ1) is 13.6. The minimum atomic E-state index is -0.239. The summed E-state index contributed by atoms with van der Waals surface area (Å²) in [6.45, 7) is 3.79. The number of rotatable bonds is 5. The van der Waals surface area contributed by atoms with Gasteiger partial charge in [0.25, 0.3) is 5.91 Å². The minimum absolute atomic E-state index is 0.239. The predicted molar refractivity (Wildman–Crippen MR) is 109 cm³/mol. The van der Waals surface area contributed by atoms with Crippen LogP contribution in [0.25, 0.3) is 10.9 Å². The fourth-order valence-corrected chi connectivity index (χ4v) is 3.99. The van der Waals surface area contributed by atoms with E-state index in [1.165, 1.54) is 11.8 Å². The molecule has 1 N–H and O–H groups in total. The van der Waals surface area contributed by atoms with Crippen molar-refractivity contribution < 1.29 is 9.32 Å². The van der Waals surface area contributed by atoms with Gasteiger partial charge in [0, 0.05) is 22.9 Å². The first-order valence-electron chi connectivity index (χ1n) is 8.78. The normalized spacial score (nSPS) is 10.9. The standard InChI is InChI=1S/C21H18N4O2S/c1-13-17(14(2)27-25-13)12-28-21-16(7-5-11-22-21)20(26)24-19-10-9-15-6-3-4-8-18(15)23-19/h3-11H,12H2,1-2H3,(H,23,24,26). The Labute approximate surface area is 166 Å². The van der Waals surface area contributed by atoms with Gasteiger partial charge in [-0.1, -0.05) is 23.4 Å². The zero-order valence-electron chi connectivity index (χ0n) is 15.5. The van der Waals surface area contributed by atoms with Crippen molar-refractivity contribution in [1.29, 1.82) is 0 Å². The summed E-state index contributed by atoms with van der Waals surface area (Å²) in [6.07, 6.45) is 1.68. The van der Waals surface area contributed by atoms with Gasteiger partial charge < -0.3 is 9.84 Å². The van der Waals surface area contributed by atoms with Crippen molar-refractivity contribution in [3.05, 3.63) is 77.3 Å². The second-order valence-electron chi connectivity index (χ2n) is 6.29. The predicted octanol–water partition coefficient (Wildman–Crippen LogP) is 4.78. The van der Waals surface area contributed by atoms with Crippen LogP contribution in [-0.2, 0) is 5.75 Å². The van der Waals surface area contributed by atoms with Gasteiger partial charge in [-0.2, -0.15) is 0 Å². The van der Waals surface area contributed by atoms with Gasteiger partial charge >= 0.3 is 0 Å². The summed E-state index contributed by atoms with van der Waals surface area (Å²) in [5.41, 5.74) is 3.22. The molecule has 1 amide bonds. The number of fused-ring (bicyclic) bond motifs is 1. The Morgan fingerprint density at radius 1 is 1.11 bits per heavy atom. The van der Waals surface area contributed by atoms with Crippen LogP contribution >= 0.6 is 11.8 Å². The van der Waals surface area contributed by atoms with Gasteiger partial charge in [-0.15, -0.1) is 11.8 Å². The Morgan fingerprint density at radius 3 is 2.79 bits per heavy atom. The van der Waals surface area contributed by atoms with Crippen LogP contribution in [0.5, 0.6) is 0 Å². The van der Waals surface area contributed by atoms with E-state index >= 15 is 0 Å². The van der Waals surface area contributed by atoms with Crippen LogP contribution in [0.2, 0.25) is 0 Å². The average Bonchev–Trinajstić information content (AvgIpc) is 3.04. The molecule has 0 radical (unpaired) electrons. The number of nitrogens with one attached hydrogen (secondary N) is 1. The molecule has 7 heteroatoms. The monoisotopic (exact) mass is 390 g/mol. The molecular weight excluding hydrogens is 372 g/mol. The number of carbonyl (C=O) groups is 1. The quantitative estimate of drug-likeness (QED) is 0.494. The van der Waals surface area contributed by atoms with E-state index in [1.807, 2.05) is 44.2 Å². The molecule has 4 rings (SSSR count). The number of carbonyl (C=O) groups excluding carboxylic acids is 1. The summed E-state index contributed by atoms with van der Waals surface area (Å²) in [5, 5.41) is 8.52. The molecule has 0 saturated heterocycles. The summed E-state index contributed by atoms with van der Waals surface area (Å²) < 4.78 is 5.20. The van der Waals surface area contributed by atoms with Crippen molar-refractivity contribution in [3.63, 3.8) is 0 Å². The molecule has 0 unspecified atom stereocenters. The largest absolute Gasteiger partial charge is 0.361 e. The van der Waals surface area contributed by atoms with E-state index < -0.39 is 0 Å². The highest BCUT2D eigenvalue weighted by molar-refractivity contribution is 7.98. The second-order valence-corrected chi connectivity index (χ2v) is 7.25. The van der Waals surface area contributed by atoms with Crippen molar-refractivity contribution in [2.24, 2.45) is 0 Å². The van der Waals surface area contributed by atoms with Gasteiger partial charge in [-0.05, 0) is 44.2 Å².